The van der Waals surface area contributed by atoms with E-state index in [0.717, 1.165) is 12.3 Å². The van der Waals surface area contributed by atoms with Gasteiger partial charge in [-0.25, -0.2) is 0 Å². The SMILES string of the molecule is CCCN(CCCC(C)(CO)NC)CC1CC1. The van der Waals surface area contributed by atoms with E-state index in [1.54, 1.807) is 0 Å². The van der Waals surface area contributed by atoms with E-state index in [4.69, 9.17) is 0 Å². The predicted octanol–water partition coefficient (Wildman–Crippen LogP) is 1.86. The van der Waals surface area contributed by atoms with Crippen molar-refractivity contribution in [2.45, 2.75) is 51.5 Å². The average molecular weight is 242 g/mol. The molecule has 1 aliphatic rings. The van der Waals surface area contributed by atoms with Gasteiger partial charge in [0.25, 0.3) is 0 Å². The van der Waals surface area contributed by atoms with Crippen LogP contribution >= 0.6 is 0 Å². The number of aliphatic hydroxyl groups is 1. The maximum absolute atomic E-state index is 9.33. The first-order chi connectivity index (χ1) is 8.13. The molecule has 102 valence electrons. The molecule has 1 fully saturated rings. The van der Waals surface area contributed by atoms with Crippen LogP contribution in [0.1, 0.15) is 46.0 Å². The number of hydrogen-bond donors (Lipinski definition) is 2. The highest BCUT2D eigenvalue weighted by Crippen LogP contribution is 2.29. The van der Waals surface area contributed by atoms with Crippen molar-refractivity contribution in [3.8, 4) is 0 Å². The quantitative estimate of drug-likeness (QED) is 0.614. The molecule has 3 nitrogen and oxygen atoms in total. The van der Waals surface area contributed by atoms with Crippen molar-refractivity contribution < 1.29 is 5.11 Å². The van der Waals surface area contributed by atoms with Gasteiger partial charge in [-0.1, -0.05) is 6.92 Å². The van der Waals surface area contributed by atoms with Crippen LogP contribution in [0.25, 0.3) is 0 Å². The summed E-state index contributed by atoms with van der Waals surface area (Å²) in [4.78, 5) is 2.60. The first-order valence-corrected chi connectivity index (χ1v) is 7.15. The summed E-state index contributed by atoms with van der Waals surface area (Å²) in [6, 6.07) is 0. The number of likely N-dealkylation sites (N-methyl/N-ethyl adjacent to an activating group) is 1. The number of nitrogens with one attached hydrogen (secondary N) is 1. The third-order valence-electron chi connectivity index (χ3n) is 3.91. The lowest BCUT2D eigenvalue weighted by Crippen LogP contribution is -2.44. The molecule has 1 unspecified atom stereocenters. The third kappa shape index (κ3) is 5.84. The second kappa shape index (κ2) is 7.34. The molecule has 1 atom stereocenters. The lowest BCUT2D eigenvalue weighted by molar-refractivity contribution is 0.162. The Labute approximate surface area is 107 Å². The Hall–Kier alpha value is -0.120. The second-order valence-corrected chi connectivity index (χ2v) is 5.82. The molecular formula is C14H30N2O. The molecule has 1 aliphatic carbocycles. The van der Waals surface area contributed by atoms with Crippen LogP contribution < -0.4 is 5.32 Å². The normalized spacial score (nSPS) is 19.6. The van der Waals surface area contributed by atoms with Crippen molar-refractivity contribution in [2.75, 3.05) is 33.3 Å². The van der Waals surface area contributed by atoms with Gasteiger partial charge in [0.05, 0.1) is 6.61 Å². The van der Waals surface area contributed by atoms with Gasteiger partial charge < -0.3 is 15.3 Å². The van der Waals surface area contributed by atoms with Gasteiger partial charge in [0, 0.05) is 12.1 Å². The van der Waals surface area contributed by atoms with E-state index in [9.17, 15) is 5.11 Å². The van der Waals surface area contributed by atoms with Crippen LogP contribution in [0.3, 0.4) is 0 Å². The Balaban J connectivity index is 2.20. The highest BCUT2D eigenvalue weighted by molar-refractivity contribution is 4.82. The van der Waals surface area contributed by atoms with Gasteiger partial charge in [0.15, 0.2) is 0 Å². The average Bonchev–Trinajstić information content (AvgIpc) is 3.13. The summed E-state index contributed by atoms with van der Waals surface area (Å²) in [5.41, 5.74) is -0.0997. The van der Waals surface area contributed by atoms with Crippen molar-refractivity contribution in [1.29, 1.82) is 0 Å². The molecule has 2 N–H and O–H groups in total. The monoisotopic (exact) mass is 242 g/mol. The predicted molar refractivity (Wildman–Crippen MR) is 73.2 cm³/mol. The largest absolute Gasteiger partial charge is 0.394 e. The van der Waals surface area contributed by atoms with Gasteiger partial charge >= 0.3 is 0 Å². The van der Waals surface area contributed by atoms with E-state index >= 15 is 0 Å². The van der Waals surface area contributed by atoms with Crippen LogP contribution in [-0.4, -0.2) is 48.8 Å². The highest BCUT2D eigenvalue weighted by atomic mass is 16.3. The Morgan fingerprint density at radius 3 is 2.53 bits per heavy atom. The zero-order chi connectivity index (χ0) is 12.7. The maximum Gasteiger partial charge on any atom is 0.0610 e. The fraction of sp³-hybridized carbons (Fsp3) is 1.00. The molecule has 0 aliphatic heterocycles. The molecule has 0 aromatic rings. The van der Waals surface area contributed by atoms with Crippen LogP contribution in [0.4, 0.5) is 0 Å². The molecule has 0 radical (unpaired) electrons. The zero-order valence-electron chi connectivity index (χ0n) is 11.8. The number of hydrogen-bond acceptors (Lipinski definition) is 3. The van der Waals surface area contributed by atoms with Gasteiger partial charge in [0.1, 0.15) is 0 Å². The lowest BCUT2D eigenvalue weighted by Gasteiger charge is -2.28. The Morgan fingerprint density at radius 2 is 2.06 bits per heavy atom. The minimum atomic E-state index is -0.0997. The van der Waals surface area contributed by atoms with Crippen molar-refractivity contribution in [3.05, 3.63) is 0 Å². The Kier molecular flexibility index (Phi) is 6.45. The number of aliphatic hydroxyl groups excluding tert-OH is 1. The molecule has 3 heteroatoms. The lowest BCUT2D eigenvalue weighted by atomic mass is 9.97. The van der Waals surface area contributed by atoms with E-state index in [1.807, 2.05) is 7.05 Å². The van der Waals surface area contributed by atoms with Gasteiger partial charge in [-0.15, -0.1) is 0 Å². The summed E-state index contributed by atoms with van der Waals surface area (Å²) in [7, 11) is 1.93. The summed E-state index contributed by atoms with van der Waals surface area (Å²) in [5.74, 6) is 0.982. The highest BCUT2D eigenvalue weighted by Gasteiger charge is 2.25. The first kappa shape index (κ1) is 14.9. The summed E-state index contributed by atoms with van der Waals surface area (Å²) < 4.78 is 0. The topological polar surface area (TPSA) is 35.5 Å². The van der Waals surface area contributed by atoms with E-state index in [2.05, 4.69) is 24.1 Å². The van der Waals surface area contributed by atoms with Crippen molar-refractivity contribution in [2.24, 2.45) is 5.92 Å². The van der Waals surface area contributed by atoms with Crippen LogP contribution in [0.5, 0.6) is 0 Å². The summed E-state index contributed by atoms with van der Waals surface area (Å²) in [6.07, 6.45) is 6.34. The van der Waals surface area contributed by atoms with Gasteiger partial charge in [-0.2, -0.15) is 0 Å². The molecular weight excluding hydrogens is 212 g/mol. The van der Waals surface area contributed by atoms with E-state index in [-0.39, 0.29) is 12.1 Å². The minimum Gasteiger partial charge on any atom is -0.394 e. The fourth-order valence-corrected chi connectivity index (χ4v) is 2.25. The summed E-state index contributed by atoms with van der Waals surface area (Å²) >= 11 is 0. The van der Waals surface area contributed by atoms with Crippen LogP contribution in [0.2, 0.25) is 0 Å². The fourth-order valence-electron chi connectivity index (χ4n) is 2.25. The van der Waals surface area contributed by atoms with Crippen molar-refractivity contribution >= 4 is 0 Å². The van der Waals surface area contributed by atoms with Crippen LogP contribution in [-0.2, 0) is 0 Å². The maximum atomic E-state index is 9.33. The zero-order valence-corrected chi connectivity index (χ0v) is 11.8. The second-order valence-electron chi connectivity index (χ2n) is 5.82. The molecule has 0 bridgehead atoms. The van der Waals surface area contributed by atoms with E-state index in [0.29, 0.717) is 0 Å². The Morgan fingerprint density at radius 1 is 1.35 bits per heavy atom. The molecule has 1 saturated carbocycles. The summed E-state index contributed by atoms with van der Waals surface area (Å²) in [5, 5.41) is 12.6. The molecule has 0 spiro atoms. The first-order valence-electron chi connectivity index (χ1n) is 7.15. The van der Waals surface area contributed by atoms with E-state index < -0.39 is 0 Å². The molecule has 1 rings (SSSR count). The molecule has 17 heavy (non-hydrogen) atoms. The van der Waals surface area contributed by atoms with Crippen LogP contribution in [0.15, 0.2) is 0 Å². The van der Waals surface area contributed by atoms with E-state index in [1.165, 1.54) is 45.3 Å². The van der Waals surface area contributed by atoms with Crippen molar-refractivity contribution in [3.63, 3.8) is 0 Å². The third-order valence-corrected chi connectivity index (χ3v) is 3.91. The number of rotatable bonds is 10. The molecule has 0 heterocycles. The van der Waals surface area contributed by atoms with Gasteiger partial charge in [0.2, 0.25) is 0 Å². The standard InChI is InChI=1S/C14H30N2O/c1-4-9-16(11-13-6-7-13)10-5-8-14(2,12-17)15-3/h13,15,17H,4-12H2,1-3H3. The van der Waals surface area contributed by atoms with Crippen molar-refractivity contribution in [1.82, 2.24) is 10.2 Å². The molecule has 0 amide bonds. The number of nitrogens with zero attached hydrogens (tertiary/aromatic N) is 1. The molecule has 0 aromatic heterocycles. The minimum absolute atomic E-state index is 0.0997. The van der Waals surface area contributed by atoms with Crippen LogP contribution in [0, 0.1) is 5.92 Å². The van der Waals surface area contributed by atoms with Gasteiger partial charge in [-0.05, 0) is 65.1 Å². The molecule has 0 aromatic carbocycles. The smallest absolute Gasteiger partial charge is 0.0610 e. The molecule has 0 saturated heterocycles. The Bertz CT molecular complexity index is 200. The summed E-state index contributed by atoms with van der Waals surface area (Å²) in [6.45, 7) is 8.28. The van der Waals surface area contributed by atoms with Gasteiger partial charge in [-0.3, -0.25) is 0 Å².